The lowest BCUT2D eigenvalue weighted by molar-refractivity contribution is 0.0686. The summed E-state index contributed by atoms with van der Waals surface area (Å²) in [6.07, 6.45) is 1.71. The van der Waals surface area contributed by atoms with Crippen molar-refractivity contribution < 1.29 is 9.90 Å². The number of fused-ring (bicyclic) bond motifs is 1. The van der Waals surface area contributed by atoms with E-state index < -0.39 is 5.97 Å². The average Bonchev–Trinajstić information content (AvgIpc) is 2.79. The number of benzene rings is 1. The molecule has 3 aromatic rings. The number of para-hydroxylation sites is 1. The van der Waals surface area contributed by atoms with Crippen LogP contribution in [0.25, 0.3) is 10.9 Å². The van der Waals surface area contributed by atoms with Crippen LogP contribution in [-0.2, 0) is 6.54 Å². The van der Waals surface area contributed by atoms with Crippen molar-refractivity contribution in [1.29, 1.82) is 0 Å². The maximum absolute atomic E-state index is 11.3. The van der Waals surface area contributed by atoms with E-state index in [0.717, 1.165) is 16.6 Å². The Kier molecular flexibility index (Phi) is 2.76. The van der Waals surface area contributed by atoms with Crippen LogP contribution in [0, 0.1) is 0 Å². The van der Waals surface area contributed by atoms with E-state index in [1.54, 1.807) is 16.8 Å². The van der Waals surface area contributed by atoms with Gasteiger partial charge in [0, 0.05) is 17.1 Å². The van der Waals surface area contributed by atoms with E-state index in [1.165, 1.54) is 0 Å². The third kappa shape index (κ3) is 2.08. The van der Waals surface area contributed by atoms with Gasteiger partial charge in [0.05, 0.1) is 12.2 Å². The van der Waals surface area contributed by atoms with Gasteiger partial charge in [-0.05, 0) is 24.3 Å². The number of rotatable bonds is 3. The normalized spacial score (nSPS) is 10.7. The van der Waals surface area contributed by atoms with Gasteiger partial charge in [0.2, 0.25) is 0 Å². The summed E-state index contributed by atoms with van der Waals surface area (Å²) in [7, 11) is 0. The fourth-order valence-electron chi connectivity index (χ4n) is 2.21. The molecular weight excluding hydrogens is 240 g/mol. The van der Waals surface area contributed by atoms with E-state index in [2.05, 4.69) is 4.98 Å². The highest BCUT2D eigenvalue weighted by Gasteiger charge is 2.14. The van der Waals surface area contributed by atoms with Gasteiger partial charge in [-0.3, -0.25) is 4.98 Å². The second-order valence-electron chi connectivity index (χ2n) is 4.30. The minimum Gasteiger partial charge on any atom is -0.477 e. The highest BCUT2D eigenvalue weighted by Crippen LogP contribution is 2.20. The first kappa shape index (κ1) is 11.5. The first-order valence-electron chi connectivity index (χ1n) is 5.97. The van der Waals surface area contributed by atoms with Crippen molar-refractivity contribution in [3.8, 4) is 0 Å². The van der Waals surface area contributed by atoms with Gasteiger partial charge in [-0.1, -0.05) is 24.3 Å². The topological polar surface area (TPSA) is 55.1 Å². The van der Waals surface area contributed by atoms with Crippen LogP contribution in [0.4, 0.5) is 0 Å². The van der Waals surface area contributed by atoms with Gasteiger partial charge in [-0.2, -0.15) is 0 Å². The Labute approximate surface area is 109 Å². The number of aromatic carboxylic acids is 1. The standard InChI is InChI=1S/C15H12N2O2/c18-15(19)14-9-11-5-1-2-7-13(11)17(14)10-12-6-3-4-8-16-12/h1-9H,10H2,(H,18,19). The van der Waals surface area contributed by atoms with Crippen LogP contribution in [0.5, 0.6) is 0 Å². The van der Waals surface area contributed by atoms with Gasteiger partial charge < -0.3 is 9.67 Å². The molecule has 0 aliphatic rings. The average molecular weight is 252 g/mol. The molecule has 2 heterocycles. The first-order chi connectivity index (χ1) is 9.25. The third-order valence-corrected chi connectivity index (χ3v) is 3.08. The number of carbonyl (C=O) groups is 1. The molecule has 0 bridgehead atoms. The Morgan fingerprint density at radius 2 is 1.95 bits per heavy atom. The van der Waals surface area contributed by atoms with Crippen molar-refractivity contribution in [2.24, 2.45) is 0 Å². The largest absolute Gasteiger partial charge is 0.477 e. The SMILES string of the molecule is O=C(O)c1cc2ccccc2n1Cc1ccccn1. The van der Waals surface area contributed by atoms with Crippen LogP contribution in [0.3, 0.4) is 0 Å². The molecule has 0 saturated heterocycles. The molecule has 4 nitrogen and oxygen atoms in total. The van der Waals surface area contributed by atoms with Gasteiger partial charge in [-0.25, -0.2) is 4.79 Å². The molecule has 1 N–H and O–H groups in total. The Morgan fingerprint density at radius 1 is 1.16 bits per heavy atom. The van der Waals surface area contributed by atoms with E-state index in [4.69, 9.17) is 0 Å². The number of aromatic nitrogens is 2. The Morgan fingerprint density at radius 3 is 2.68 bits per heavy atom. The smallest absolute Gasteiger partial charge is 0.352 e. The van der Waals surface area contributed by atoms with E-state index in [0.29, 0.717) is 6.54 Å². The van der Waals surface area contributed by atoms with Gasteiger partial charge in [0.25, 0.3) is 0 Å². The highest BCUT2D eigenvalue weighted by molar-refractivity contribution is 5.94. The molecule has 94 valence electrons. The van der Waals surface area contributed by atoms with Crippen LogP contribution >= 0.6 is 0 Å². The van der Waals surface area contributed by atoms with Crippen molar-refractivity contribution >= 4 is 16.9 Å². The quantitative estimate of drug-likeness (QED) is 0.779. The molecule has 3 rings (SSSR count). The minimum absolute atomic E-state index is 0.284. The summed E-state index contributed by atoms with van der Waals surface area (Å²) < 4.78 is 1.78. The molecule has 0 saturated carbocycles. The number of hydrogen-bond donors (Lipinski definition) is 1. The van der Waals surface area contributed by atoms with Crippen LogP contribution in [0.15, 0.2) is 54.7 Å². The van der Waals surface area contributed by atoms with E-state index in [1.807, 2.05) is 42.5 Å². The zero-order valence-electron chi connectivity index (χ0n) is 10.2. The predicted molar refractivity (Wildman–Crippen MR) is 72.2 cm³/mol. The lowest BCUT2D eigenvalue weighted by Gasteiger charge is -2.07. The molecule has 0 aliphatic carbocycles. The van der Waals surface area contributed by atoms with E-state index in [9.17, 15) is 9.90 Å². The summed E-state index contributed by atoms with van der Waals surface area (Å²) in [4.78, 5) is 15.6. The monoisotopic (exact) mass is 252 g/mol. The van der Waals surface area contributed by atoms with Crippen LogP contribution in [0.1, 0.15) is 16.2 Å². The summed E-state index contributed by atoms with van der Waals surface area (Å²) >= 11 is 0. The van der Waals surface area contributed by atoms with E-state index >= 15 is 0 Å². The Hall–Kier alpha value is -2.62. The van der Waals surface area contributed by atoms with Crippen LogP contribution < -0.4 is 0 Å². The predicted octanol–water partition coefficient (Wildman–Crippen LogP) is 2.78. The molecule has 0 fully saturated rings. The second kappa shape index (κ2) is 4.57. The summed E-state index contributed by atoms with van der Waals surface area (Å²) in [5.41, 5.74) is 2.03. The van der Waals surface area contributed by atoms with Gasteiger partial charge >= 0.3 is 5.97 Å². The highest BCUT2D eigenvalue weighted by atomic mass is 16.4. The zero-order valence-corrected chi connectivity index (χ0v) is 10.2. The molecule has 0 spiro atoms. The first-order valence-corrected chi connectivity index (χ1v) is 5.97. The maximum Gasteiger partial charge on any atom is 0.352 e. The summed E-state index contributed by atoms with van der Waals surface area (Å²) in [6, 6.07) is 15.0. The fourth-order valence-corrected chi connectivity index (χ4v) is 2.21. The lowest BCUT2D eigenvalue weighted by atomic mass is 10.2. The third-order valence-electron chi connectivity index (χ3n) is 3.08. The number of pyridine rings is 1. The molecule has 0 unspecified atom stereocenters. The number of nitrogens with zero attached hydrogens (tertiary/aromatic N) is 2. The fraction of sp³-hybridized carbons (Fsp3) is 0.0667. The molecule has 2 aromatic heterocycles. The molecule has 4 heteroatoms. The Bertz CT molecular complexity index is 732. The molecule has 1 aromatic carbocycles. The molecule has 0 aliphatic heterocycles. The van der Waals surface area contributed by atoms with Crippen LogP contribution in [0.2, 0.25) is 0 Å². The van der Waals surface area contributed by atoms with Crippen molar-refractivity contribution in [1.82, 2.24) is 9.55 Å². The van der Waals surface area contributed by atoms with Crippen molar-refractivity contribution in [3.63, 3.8) is 0 Å². The zero-order chi connectivity index (χ0) is 13.2. The lowest BCUT2D eigenvalue weighted by Crippen LogP contribution is -2.10. The van der Waals surface area contributed by atoms with Crippen molar-refractivity contribution in [2.45, 2.75) is 6.54 Å². The molecule has 0 amide bonds. The molecule has 0 radical (unpaired) electrons. The number of carboxylic acid groups (broad SMARTS) is 1. The summed E-state index contributed by atoms with van der Waals surface area (Å²) in [6.45, 7) is 0.454. The molecule has 19 heavy (non-hydrogen) atoms. The summed E-state index contributed by atoms with van der Waals surface area (Å²) in [5.74, 6) is -0.924. The van der Waals surface area contributed by atoms with E-state index in [-0.39, 0.29) is 5.69 Å². The number of carboxylic acids is 1. The van der Waals surface area contributed by atoms with Crippen LogP contribution in [-0.4, -0.2) is 20.6 Å². The number of hydrogen-bond acceptors (Lipinski definition) is 2. The molecule has 0 atom stereocenters. The summed E-state index contributed by atoms with van der Waals surface area (Å²) in [5, 5.41) is 10.2. The molecular formula is C15H12N2O2. The second-order valence-corrected chi connectivity index (χ2v) is 4.30. The van der Waals surface area contributed by atoms with Gasteiger partial charge in [0.1, 0.15) is 5.69 Å². The van der Waals surface area contributed by atoms with Crippen molar-refractivity contribution in [2.75, 3.05) is 0 Å². The van der Waals surface area contributed by atoms with Crippen molar-refractivity contribution in [3.05, 3.63) is 66.1 Å². The van der Waals surface area contributed by atoms with Gasteiger partial charge in [0.15, 0.2) is 0 Å². The minimum atomic E-state index is -0.924. The maximum atomic E-state index is 11.3. The van der Waals surface area contributed by atoms with Gasteiger partial charge in [-0.15, -0.1) is 0 Å². The Balaban J connectivity index is 2.15.